The van der Waals surface area contributed by atoms with E-state index in [1.165, 1.54) is 22.3 Å². The second-order valence-corrected chi connectivity index (χ2v) is 7.00. The Morgan fingerprint density at radius 2 is 1.39 bits per heavy atom. The fourth-order valence-electron chi connectivity index (χ4n) is 3.48. The Kier molecular flexibility index (Phi) is 3.21. The van der Waals surface area contributed by atoms with Crippen LogP contribution < -0.4 is 5.32 Å². The van der Waals surface area contributed by atoms with Gasteiger partial charge in [0, 0.05) is 21.8 Å². The monoisotopic (exact) mass is 319 g/mol. The molecule has 0 saturated carbocycles. The molecule has 0 radical (unpaired) electrons. The lowest BCUT2D eigenvalue weighted by Crippen LogP contribution is -2.15. The van der Waals surface area contributed by atoms with Crippen molar-refractivity contribution in [3.63, 3.8) is 0 Å². The molecular formula is C21H18ClN. The molecule has 0 heterocycles. The van der Waals surface area contributed by atoms with Gasteiger partial charge in [0.1, 0.15) is 0 Å². The van der Waals surface area contributed by atoms with Crippen LogP contribution in [0.2, 0.25) is 5.02 Å². The average molecular weight is 320 g/mol. The van der Waals surface area contributed by atoms with E-state index in [0.717, 1.165) is 16.4 Å². The molecule has 23 heavy (non-hydrogen) atoms. The standard InChI is InChI=1S/C21H18ClN/c1-21(2)19-6-4-3-5-17(19)18-12-11-16(13-20(18)21)23-15-9-7-14(22)8-10-15/h3-13,23H,1-2H3. The zero-order chi connectivity index (χ0) is 16.0. The van der Waals surface area contributed by atoms with E-state index in [4.69, 9.17) is 11.6 Å². The molecule has 3 aromatic carbocycles. The number of hydrogen-bond acceptors (Lipinski definition) is 1. The fourth-order valence-corrected chi connectivity index (χ4v) is 3.61. The predicted molar refractivity (Wildman–Crippen MR) is 98.7 cm³/mol. The maximum atomic E-state index is 5.95. The molecule has 0 unspecified atom stereocenters. The van der Waals surface area contributed by atoms with Gasteiger partial charge in [-0.2, -0.15) is 0 Å². The van der Waals surface area contributed by atoms with E-state index >= 15 is 0 Å². The topological polar surface area (TPSA) is 12.0 Å². The molecule has 0 fully saturated rings. The van der Waals surface area contributed by atoms with Crippen molar-refractivity contribution in [2.75, 3.05) is 5.32 Å². The van der Waals surface area contributed by atoms with Crippen molar-refractivity contribution < 1.29 is 0 Å². The third-order valence-corrected chi connectivity index (χ3v) is 4.97. The van der Waals surface area contributed by atoms with Crippen molar-refractivity contribution in [1.29, 1.82) is 0 Å². The Morgan fingerprint density at radius 1 is 0.739 bits per heavy atom. The quantitative estimate of drug-likeness (QED) is 0.577. The summed E-state index contributed by atoms with van der Waals surface area (Å²) in [5.41, 5.74) is 7.65. The molecule has 4 rings (SSSR count). The van der Waals surface area contributed by atoms with E-state index < -0.39 is 0 Å². The van der Waals surface area contributed by atoms with Crippen LogP contribution in [0.5, 0.6) is 0 Å². The van der Waals surface area contributed by atoms with Gasteiger partial charge >= 0.3 is 0 Å². The summed E-state index contributed by atoms with van der Waals surface area (Å²) >= 11 is 5.95. The molecule has 0 aliphatic heterocycles. The van der Waals surface area contributed by atoms with Crippen LogP contribution in [-0.2, 0) is 5.41 Å². The van der Waals surface area contributed by atoms with Crippen LogP contribution >= 0.6 is 11.6 Å². The summed E-state index contributed by atoms with van der Waals surface area (Å²) in [4.78, 5) is 0. The highest BCUT2D eigenvalue weighted by Gasteiger charge is 2.35. The van der Waals surface area contributed by atoms with E-state index in [1.807, 2.05) is 24.3 Å². The van der Waals surface area contributed by atoms with Gasteiger partial charge in [0.05, 0.1) is 0 Å². The average Bonchev–Trinajstić information content (AvgIpc) is 2.78. The van der Waals surface area contributed by atoms with Gasteiger partial charge in [-0.3, -0.25) is 0 Å². The van der Waals surface area contributed by atoms with Crippen LogP contribution in [0.15, 0.2) is 66.7 Å². The summed E-state index contributed by atoms with van der Waals surface area (Å²) in [7, 11) is 0. The minimum Gasteiger partial charge on any atom is -0.356 e. The molecule has 3 aromatic rings. The lowest BCUT2D eigenvalue weighted by Gasteiger charge is -2.22. The van der Waals surface area contributed by atoms with Crippen molar-refractivity contribution >= 4 is 23.0 Å². The first kappa shape index (κ1) is 14.3. The number of fused-ring (bicyclic) bond motifs is 3. The highest BCUT2D eigenvalue weighted by molar-refractivity contribution is 6.30. The van der Waals surface area contributed by atoms with E-state index in [-0.39, 0.29) is 5.41 Å². The Morgan fingerprint density at radius 3 is 2.17 bits per heavy atom. The number of halogens is 1. The number of anilines is 2. The van der Waals surface area contributed by atoms with Crippen molar-refractivity contribution in [2.24, 2.45) is 0 Å². The first-order chi connectivity index (χ1) is 11.1. The van der Waals surface area contributed by atoms with Crippen molar-refractivity contribution in [1.82, 2.24) is 0 Å². The summed E-state index contributed by atoms with van der Waals surface area (Å²) in [5, 5.41) is 4.22. The largest absolute Gasteiger partial charge is 0.356 e. The van der Waals surface area contributed by atoms with Gasteiger partial charge in [-0.25, -0.2) is 0 Å². The molecule has 1 nitrogen and oxygen atoms in total. The van der Waals surface area contributed by atoms with Crippen molar-refractivity contribution in [2.45, 2.75) is 19.3 Å². The Hall–Kier alpha value is -2.25. The first-order valence-corrected chi connectivity index (χ1v) is 8.20. The third-order valence-electron chi connectivity index (χ3n) is 4.72. The molecule has 0 amide bonds. The van der Waals surface area contributed by atoms with Crippen LogP contribution in [0.3, 0.4) is 0 Å². The summed E-state index contributed by atoms with van der Waals surface area (Å²) < 4.78 is 0. The minimum absolute atomic E-state index is 0.0314. The Labute approximate surface area is 141 Å². The second-order valence-electron chi connectivity index (χ2n) is 6.56. The van der Waals surface area contributed by atoms with E-state index in [9.17, 15) is 0 Å². The van der Waals surface area contributed by atoms with E-state index in [2.05, 4.69) is 61.6 Å². The minimum atomic E-state index is 0.0314. The second kappa shape index (κ2) is 5.14. The van der Waals surface area contributed by atoms with Crippen molar-refractivity contribution in [3.8, 4) is 11.1 Å². The molecule has 1 N–H and O–H groups in total. The van der Waals surface area contributed by atoms with Gasteiger partial charge in [-0.1, -0.05) is 55.8 Å². The summed E-state index contributed by atoms with van der Waals surface area (Å²) in [5.74, 6) is 0. The Bertz CT molecular complexity index is 879. The number of hydrogen-bond donors (Lipinski definition) is 1. The summed E-state index contributed by atoms with van der Waals surface area (Å²) in [6.45, 7) is 4.59. The number of rotatable bonds is 2. The molecule has 114 valence electrons. The van der Waals surface area contributed by atoms with Crippen LogP contribution in [0, 0.1) is 0 Å². The molecular weight excluding hydrogens is 302 g/mol. The van der Waals surface area contributed by atoms with Gasteiger partial charge in [-0.15, -0.1) is 0 Å². The molecule has 0 bridgehead atoms. The van der Waals surface area contributed by atoms with Gasteiger partial charge in [-0.05, 0) is 58.7 Å². The lowest BCUT2D eigenvalue weighted by atomic mass is 9.82. The van der Waals surface area contributed by atoms with Gasteiger partial charge < -0.3 is 5.32 Å². The molecule has 2 heteroatoms. The number of nitrogens with one attached hydrogen (secondary N) is 1. The van der Waals surface area contributed by atoms with Gasteiger partial charge in [0.15, 0.2) is 0 Å². The molecule has 0 atom stereocenters. The van der Waals surface area contributed by atoms with Crippen LogP contribution in [0.25, 0.3) is 11.1 Å². The van der Waals surface area contributed by atoms with Crippen LogP contribution in [-0.4, -0.2) is 0 Å². The van der Waals surface area contributed by atoms with Crippen LogP contribution in [0.1, 0.15) is 25.0 Å². The smallest absolute Gasteiger partial charge is 0.0407 e. The zero-order valence-electron chi connectivity index (χ0n) is 13.2. The van der Waals surface area contributed by atoms with E-state index in [0.29, 0.717) is 0 Å². The zero-order valence-corrected chi connectivity index (χ0v) is 14.0. The van der Waals surface area contributed by atoms with Gasteiger partial charge in [0.25, 0.3) is 0 Å². The predicted octanol–water partition coefficient (Wildman–Crippen LogP) is 6.39. The first-order valence-electron chi connectivity index (χ1n) is 7.83. The van der Waals surface area contributed by atoms with E-state index in [1.54, 1.807) is 0 Å². The normalized spacial score (nSPS) is 14.2. The molecule has 1 aliphatic rings. The summed E-state index contributed by atoms with van der Waals surface area (Å²) in [6.07, 6.45) is 0. The number of benzene rings is 3. The third kappa shape index (κ3) is 2.32. The maximum absolute atomic E-state index is 5.95. The fraction of sp³-hybridized carbons (Fsp3) is 0.143. The van der Waals surface area contributed by atoms with Crippen LogP contribution in [0.4, 0.5) is 11.4 Å². The molecule has 0 spiro atoms. The molecule has 0 saturated heterocycles. The highest BCUT2D eigenvalue weighted by atomic mass is 35.5. The molecule has 1 aliphatic carbocycles. The Balaban J connectivity index is 1.75. The SMILES string of the molecule is CC1(C)c2ccccc2-c2ccc(Nc3ccc(Cl)cc3)cc21. The maximum Gasteiger partial charge on any atom is 0.0407 e. The lowest BCUT2D eigenvalue weighted by molar-refractivity contribution is 0.660. The molecule has 0 aromatic heterocycles. The highest BCUT2D eigenvalue weighted by Crippen LogP contribution is 2.49. The van der Waals surface area contributed by atoms with Gasteiger partial charge in [0.2, 0.25) is 0 Å². The van der Waals surface area contributed by atoms with Crippen molar-refractivity contribution in [3.05, 3.63) is 82.9 Å². The summed E-state index contributed by atoms with van der Waals surface area (Å²) in [6, 6.07) is 23.1.